The van der Waals surface area contributed by atoms with Crippen molar-refractivity contribution in [3.05, 3.63) is 35.0 Å². The molecular weight excluding hydrogens is 285 g/mol. The average Bonchev–Trinajstić information content (AvgIpc) is 2.86. The van der Waals surface area contributed by atoms with Gasteiger partial charge in [0.15, 0.2) is 6.10 Å². The van der Waals surface area contributed by atoms with Crippen LogP contribution in [0.1, 0.15) is 9.67 Å². The number of benzene rings is 1. The highest BCUT2D eigenvalue weighted by Gasteiger charge is 2.17. The molecule has 1 heterocycles. The molecule has 1 atom stereocenters. The molecule has 1 unspecified atom stereocenters. The second kappa shape index (κ2) is 5.98. The normalized spacial score (nSPS) is 12.2. The van der Waals surface area contributed by atoms with Gasteiger partial charge in [-0.1, -0.05) is 6.07 Å². The number of amides is 1. The van der Waals surface area contributed by atoms with Crippen molar-refractivity contribution in [1.82, 2.24) is 5.32 Å². The van der Waals surface area contributed by atoms with Crippen LogP contribution in [0.5, 0.6) is 0 Å². The molecule has 1 amide bonds. The second-order valence-electron chi connectivity index (χ2n) is 4.04. The van der Waals surface area contributed by atoms with E-state index in [1.165, 1.54) is 12.1 Å². The third-order valence-corrected chi connectivity index (χ3v) is 3.73. The number of esters is 1. The standard InChI is InChI=1S/C13H12FNO4S/c1-19-13(18)9(16)6-15-12(17)11-4-7-2-3-8(14)5-10(7)20-11/h2-5,9,16H,6H2,1H3,(H,15,17). The van der Waals surface area contributed by atoms with Crippen LogP contribution in [0.25, 0.3) is 10.1 Å². The van der Waals surface area contributed by atoms with E-state index in [4.69, 9.17) is 0 Å². The third-order valence-electron chi connectivity index (χ3n) is 2.64. The second-order valence-corrected chi connectivity index (χ2v) is 5.13. The summed E-state index contributed by atoms with van der Waals surface area (Å²) in [7, 11) is 1.15. The smallest absolute Gasteiger partial charge is 0.336 e. The number of methoxy groups -OCH3 is 1. The van der Waals surface area contributed by atoms with Gasteiger partial charge in [0, 0.05) is 4.70 Å². The fourth-order valence-electron chi connectivity index (χ4n) is 1.61. The van der Waals surface area contributed by atoms with E-state index in [1.54, 1.807) is 12.1 Å². The van der Waals surface area contributed by atoms with Crippen LogP contribution < -0.4 is 5.32 Å². The molecular formula is C13H12FNO4S. The monoisotopic (exact) mass is 297 g/mol. The van der Waals surface area contributed by atoms with Gasteiger partial charge in [0.25, 0.3) is 5.91 Å². The van der Waals surface area contributed by atoms with E-state index in [2.05, 4.69) is 10.1 Å². The van der Waals surface area contributed by atoms with Gasteiger partial charge in [-0.25, -0.2) is 9.18 Å². The first-order valence-corrected chi connectivity index (χ1v) is 6.56. The lowest BCUT2D eigenvalue weighted by Gasteiger charge is -2.08. The first kappa shape index (κ1) is 14.4. The molecule has 2 rings (SSSR count). The first-order valence-electron chi connectivity index (χ1n) is 5.74. The molecule has 0 aliphatic heterocycles. The maximum Gasteiger partial charge on any atom is 0.336 e. The van der Waals surface area contributed by atoms with E-state index >= 15 is 0 Å². The Balaban J connectivity index is 2.06. The SMILES string of the molecule is COC(=O)C(O)CNC(=O)c1cc2ccc(F)cc2s1. The largest absolute Gasteiger partial charge is 0.467 e. The Morgan fingerprint density at radius 3 is 2.90 bits per heavy atom. The summed E-state index contributed by atoms with van der Waals surface area (Å²) in [5, 5.41) is 12.5. The zero-order valence-electron chi connectivity index (χ0n) is 10.6. The summed E-state index contributed by atoms with van der Waals surface area (Å²) in [5.41, 5.74) is 0. The van der Waals surface area contributed by atoms with E-state index in [-0.39, 0.29) is 12.4 Å². The third kappa shape index (κ3) is 3.12. The van der Waals surface area contributed by atoms with E-state index in [1.807, 2.05) is 0 Å². The average molecular weight is 297 g/mol. The number of nitrogens with one attached hydrogen (secondary N) is 1. The van der Waals surface area contributed by atoms with Crippen LogP contribution in [-0.2, 0) is 9.53 Å². The molecule has 0 bridgehead atoms. The molecule has 0 saturated heterocycles. The summed E-state index contributed by atoms with van der Waals surface area (Å²) in [6.07, 6.45) is -1.41. The van der Waals surface area contributed by atoms with Gasteiger partial charge in [-0.3, -0.25) is 4.79 Å². The van der Waals surface area contributed by atoms with Crippen molar-refractivity contribution in [2.45, 2.75) is 6.10 Å². The molecule has 0 radical (unpaired) electrons. The van der Waals surface area contributed by atoms with Crippen LogP contribution in [0.3, 0.4) is 0 Å². The van der Waals surface area contributed by atoms with E-state index in [9.17, 15) is 19.1 Å². The summed E-state index contributed by atoms with van der Waals surface area (Å²) in [6.45, 7) is -0.242. The van der Waals surface area contributed by atoms with E-state index in [0.717, 1.165) is 23.8 Å². The number of carbonyl (C=O) groups excluding carboxylic acids is 2. The predicted molar refractivity (Wildman–Crippen MR) is 72.1 cm³/mol. The van der Waals surface area contributed by atoms with Gasteiger partial charge in [-0.2, -0.15) is 0 Å². The van der Waals surface area contributed by atoms with Crippen LogP contribution in [0, 0.1) is 5.82 Å². The van der Waals surface area contributed by atoms with Crippen LogP contribution in [-0.4, -0.2) is 36.7 Å². The summed E-state index contributed by atoms with van der Waals surface area (Å²) in [5.74, 6) is -1.62. The number of thiophene rings is 1. The van der Waals surface area contributed by atoms with Crippen LogP contribution in [0.15, 0.2) is 24.3 Å². The quantitative estimate of drug-likeness (QED) is 0.834. The topological polar surface area (TPSA) is 75.6 Å². The van der Waals surface area contributed by atoms with Crippen molar-refractivity contribution in [1.29, 1.82) is 0 Å². The Kier molecular flexibility index (Phi) is 4.31. The summed E-state index contributed by atoms with van der Waals surface area (Å²) in [6, 6.07) is 5.87. The van der Waals surface area contributed by atoms with Crippen molar-refractivity contribution in [2.75, 3.05) is 13.7 Å². The van der Waals surface area contributed by atoms with Crippen LogP contribution in [0.2, 0.25) is 0 Å². The minimum atomic E-state index is -1.41. The minimum Gasteiger partial charge on any atom is -0.467 e. The molecule has 2 aromatic rings. The number of ether oxygens (including phenoxy) is 1. The fraction of sp³-hybridized carbons (Fsp3) is 0.231. The van der Waals surface area contributed by atoms with Crippen LogP contribution in [0.4, 0.5) is 4.39 Å². The van der Waals surface area contributed by atoms with Crippen LogP contribution >= 0.6 is 11.3 Å². The fourth-order valence-corrected chi connectivity index (χ4v) is 2.62. The number of aliphatic hydroxyl groups is 1. The molecule has 0 aliphatic rings. The molecule has 2 N–H and O–H groups in total. The van der Waals surface area contributed by atoms with Gasteiger partial charge < -0.3 is 15.2 Å². The Morgan fingerprint density at radius 1 is 1.45 bits per heavy atom. The molecule has 0 fully saturated rings. The lowest BCUT2D eigenvalue weighted by Crippen LogP contribution is -2.36. The number of rotatable bonds is 4. The Labute approximate surface area is 118 Å². The Hall–Kier alpha value is -1.99. The lowest BCUT2D eigenvalue weighted by molar-refractivity contribution is -0.149. The Morgan fingerprint density at radius 2 is 2.20 bits per heavy atom. The highest BCUT2D eigenvalue weighted by Crippen LogP contribution is 2.26. The highest BCUT2D eigenvalue weighted by atomic mass is 32.1. The van der Waals surface area contributed by atoms with Crippen molar-refractivity contribution < 1.29 is 23.8 Å². The highest BCUT2D eigenvalue weighted by molar-refractivity contribution is 7.20. The number of carbonyl (C=O) groups is 2. The van der Waals surface area contributed by atoms with Crippen molar-refractivity contribution in [3.63, 3.8) is 0 Å². The number of fused-ring (bicyclic) bond motifs is 1. The van der Waals surface area contributed by atoms with Crippen molar-refractivity contribution in [3.8, 4) is 0 Å². The molecule has 5 nitrogen and oxygen atoms in total. The van der Waals surface area contributed by atoms with Gasteiger partial charge in [-0.05, 0) is 23.6 Å². The van der Waals surface area contributed by atoms with Crippen molar-refractivity contribution in [2.24, 2.45) is 0 Å². The molecule has 0 aliphatic carbocycles. The molecule has 0 saturated carbocycles. The first-order chi connectivity index (χ1) is 9.51. The van der Waals surface area contributed by atoms with Gasteiger partial charge in [0.05, 0.1) is 18.5 Å². The number of hydrogen-bond acceptors (Lipinski definition) is 5. The van der Waals surface area contributed by atoms with E-state index in [0.29, 0.717) is 9.58 Å². The molecule has 7 heteroatoms. The number of aliphatic hydroxyl groups excluding tert-OH is 1. The Bertz CT molecular complexity index is 655. The molecule has 0 spiro atoms. The molecule has 1 aromatic carbocycles. The predicted octanol–water partition coefficient (Wildman–Crippen LogP) is 1.30. The molecule has 1 aromatic heterocycles. The van der Waals surface area contributed by atoms with Gasteiger partial charge in [0.1, 0.15) is 5.82 Å². The molecule has 106 valence electrons. The zero-order valence-corrected chi connectivity index (χ0v) is 11.4. The number of hydrogen-bond donors (Lipinski definition) is 2. The molecule has 20 heavy (non-hydrogen) atoms. The van der Waals surface area contributed by atoms with E-state index < -0.39 is 18.0 Å². The maximum atomic E-state index is 13.1. The minimum absolute atomic E-state index is 0.242. The number of halogens is 1. The summed E-state index contributed by atoms with van der Waals surface area (Å²) < 4.78 is 18.0. The van der Waals surface area contributed by atoms with Crippen molar-refractivity contribution >= 4 is 33.3 Å². The van der Waals surface area contributed by atoms with Gasteiger partial charge >= 0.3 is 5.97 Å². The zero-order chi connectivity index (χ0) is 14.7. The summed E-state index contributed by atoms with van der Waals surface area (Å²) in [4.78, 5) is 23.2. The van der Waals surface area contributed by atoms with Gasteiger partial charge in [-0.15, -0.1) is 11.3 Å². The maximum absolute atomic E-state index is 13.1. The summed E-state index contributed by atoms with van der Waals surface area (Å²) >= 11 is 1.14. The lowest BCUT2D eigenvalue weighted by atomic mass is 10.2. The van der Waals surface area contributed by atoms with Gasteiger partial charge in [0.2, 0.25) is 0 Å².